The van der Waals surface area contributed by atoms with Crippen molar-refractivity contribution >= 4 is 34.0 Å². The minimum absolute atomic E-state index is 0.00167. The smallest absolute Gasteiger partial charge is 0.163 e. The highest BCUT2D eigenvalue weighted by molar-refractivity contribution is 6.36. The van der Waals surface area contributed by atoms with Crippen LogP contribution in [0.4, 0.5) is 0 Å². The zero-order valence-electron chi connectivity index (χ0n) is 34.3. The van der Waals surface area contributed by atoms with Crippen LogP contribution in [0.3, 0.4) is 0 Å². The fourth-order valence-electron chi connectivity index (χ4n) is 3.90. The van der Waals surface area contributed by atoms with Gasteiger partial charge >= 0.3 is 0 Å². The van der Waals surface area contributed by atoms with Crippen LogP contribution < -0.4 is 10.5 Å². The molecule has 3 aromatic rings. The van der Waals surface area contributed by atoms with Crippen LogP contribution in [0.1, 0.15) is 150 Å². The number of aliphatic imine (C=N–C) groups is 1. The molecule has 0 bridgehead atoms. The lowest BCUT2D eigenvalue weighted by molar-refractivity contribution is 0.101. The van der Waals surface area contributed by atoms with Crippen molar-refractivity contribution in [2.24, 2.45) is 10.7 Å². The Morgan fingerprint density at radius 2 is 1.58 bits per heavy atom. The Kier molecular flexibility index (Phi) is 33.3. The van der Waals surface area contributed by atoms with Crippen LogP contribution in [0.5, 0.6) is 5.75 Å². The van der Waals surface area contributed by atoms with Crippen LogP contribution in [-0.2, 0) is 6.42 Å². The average Bonchev–Trinajstić information content (AvgIpc) is 3.64. The first kappa shape index (κ1) is 50.9. The van der Waals surface area contributed by atoms with Crippen LogP contribution in [-0.4, -0.2) is 35.8 Å². The maximum Gasteiger partial charge on any atom is 0.163 e. The molecule has 3 N–H and O–H groups in total. The number of fused-ring (bicyclic) bond motifs is 1. The van der Waals surface area contributed by atoms with Gasteiger partial charge in [-0.1, -0.05) is 108 Å². The first-order valence-corrected chi connectivity index (χ1v) is 18.6. The summed E-state index contributed by atoms with van der Waals surface area (Å²) in [6.45, 7) is 26.5. The minimum atomic E-state index is 0.00167. The number of nitrogens with two attached hydrogens (primary N) is 1. The van der Waals surface area contributed by atoms with Gasteiger partial charge in [0, 0.05) is 24.2 Å². The molecule has 0 aliphatic rings. The van der Waals surface area contributed by atoms with E-state index in [2.05, 4.69) is 88.0 Å². The Labute approximate surface area is 311 Å². The van der Waals surface area contributed by atoms with Crippen molar-refractivity contribution in [2.45, 2.75) is 135 Å². The molecule has 6 nitrogen and oxygen atoms in total. The molecule has 0 aliphatic heterocycles. The number of hydrogen-bond donors (Lipinski definition) is 2. The lowest BCUT2D eigenvalue weighted by Crippen LogP contribution is -2.09. The van der Waals surface area contributed by atoms with E-state index < -0.39 is 0 Å². The number of ether oxygens (including phenoxy) is 1. The summed E-state index contributed by atoms with van der Waals surface area (Å²) in [6, 6.07) is 9.69. The van der Waals surface area contributed by atoms with Gasteiger partial charge in [0.25, 0.3) is 0 Å². The number of rotatable bonds is 10. The molecule has 1 atom stereocenters. The Hall–Kier alpha value is -3.48. The quantitative estimate of drug-likeness (QED) is 0.124. The summed E-state index contributed by atoms with van der Waals surface area (Å²) in [5.74, 6) is 0.730. The molecule has 2 aromatic carbocycles. The van der Waals surface area contributed by atoms with Crippen molar-refractivity contribution < 1.29 is 9.53 Å². The van der Waals surface area contributed by atoms with E-state index in [0.29, 0.717) is 16.3 Å². The van der Waals surface area contributed by atoms with E-state index in [1.54, 1.807) is 20.2 Å². The summed E-state index contributed by atoms with van der Waals surface area (Å²) in [5, 5.41) is 8.46. The summed E-state index contributed by atoms with van der Waals surface area (Å²) in [5.41, 5.74) is 13.6. The number of Topliss-reactive ketones (excluding diaryl/α,β-unsaturated/α-hetero) is 1. The van der Waals surface area contributed by atoms with Crippen LogP contribution in [0.15, 0.2) is 77.0 Å². The number of ketones is 1. The highest BCUT2D eigenvalue weighted by Crippen LogP contribution is 2.30. The fraction of sp³-hybridized carbons (Fsp3) is 0.512. The second-order valence-corrected chi connectivity index (χ2v) is 11.6. The van der Waals surface area contributed by atoms with E-state index in [9.17, 15) is 4.79 Å². The van der Waals surface area contributed by atoms with Crippen LogP contribution in [0.25, 0.3) is 10.9 Å². The normalized spacial score (nSPS) is 11.7. The maximum atomic E-state index is 11.2. The molecule has 1 unspecified atom stereocenters. The predicted molar refractivity (Wildman–Crippen MR) is 225 cm³/mol. The van der Waals surface area contributed by atoms with Crippen molar-refractivity contribution in [2.75, 3.05) is 14.2 Å². The number of H-pyrrole nitrogens is 1. The SMILES string of the molecule is C/C=C(/C)C(C)=NC.C/C=C(\C)CC.CC.CC/C=C/CC.CCC(N)c1ccc2[nH]ncc2c1Cl.CCCc1ccc(C(C)=O)c(OC)c1. The highest BCUT2D eigenvalue weighted by atomic mass is 35.5. The van der Waals surface area contributed by atoms with Gasteiger partial charge in [0.2, 0.25) is 0 Å². The highest BCUT2D eigenvalue weighted by Gasteiger charge is 2.11. The number of nitrogens with one attached hydrogen (secondary N) is 1. The number of halogens is 1. The van der Waals surface area contributed by atoms with E-state index >= 15 is 0 Å². The largest absolute Gasteiger partial charge is 0.496 e. The summed E-state index contributed by atoms with van der Waals surface area (Å²) >= 11 is 6.22. The fourth-order valence-corrected chi connectivity index (χ4v) is 4.25. The number of carbonyl (C=O) groups is 1. The molecule has 0 radical (unpaired) electrons. The third-order valence-corrected chi connectivity index (χ3v) is 8.06. The lowest BCUT2D eigenvalue weighted by atomic mass is 10.0. The Morgan fingerprint density at radius 1 is 0.980 bits per heavy atom. The molecule has 0 fully saturated rings. The van der Waals surface area contributed by atoms with Crippen LogP contribution >= 0.6 is 11.6 Å². The molecule has 7 heteroatoms. The van der Waals surface area contributed by atoms with Gasteiger partial charge in [0.15, 0.2) is 5.78 Å². The second-order valence-electron chi connectivity index (χ2n) is 11.2. The zero-order valence-corrected chi connectivity index (χ0v) is 35.0. The topological polar surface area (TPSA) is 93.4 Å². The summed E-state index contributed by atoms with van der Waals surface area (Å²) in [7, 11) is 3.40. The number of benzene rings is 2. The summed E-state index contributed by atoms with van der Waals surface area (Å²) < 4.78 is 5.17. The molecule has 0 spiro atoms. The molecular formula is C43H71ClN4O2. The van der Waals surface area contributed by atoms with Gasteiger partial charge in [0.1, 0.15) is 5.75 Å². The standard InChI is InChI=1S/C12H16O2.C10H12ClN3.C7H13N.2C6H12.C2H6/c1-4-5-10-6-7-11(9(2)13)12(8-10)14-3;1-2-8(12)6-3-4-9-7(10(6)11)5-13-14-9;1-5-6(2)7(3)8-4;1-4-6(3)5-2;1-3-5-6-4-2;1-2/h6-8H,4-5H2,1-3H3;3-5,8H,2,12H2,1H3,(H,13,14);5H,1-4H3;4H,5H2,1-3H3;5-6H,3-4H2,1-2H3;1-2H3/b;;6-5-,8-7?;6-4+;6-5+;. The van der Waals surface area contributed by atoms with Gasteiger partial charge in [0.05, 0.1) is 29.4 Å². The van der Waals surface area contributed by atoms with Crippen molar-refractivity contribution in [3.8, 4) is 5.75 Å². The molecule has 1 aromatic heterocycles. The van der Waals surface area contributed by atoms with Crippen LogP contribution in [0, 0.1) is 0 Å². The summed E-state index contributed by atoms with van der Waals surface area (Å²) in [6.07, 6.45) is 16.8. The number of aromatic nitrogens is 2. The average molecular weight is 712 g/mol. The number of carbonyl (C=O) groups excluding carboxylic acids is 1. The second kappa shape index (κ2) is 32.7. The molecule has 0 saturated heterocycles. The van der Waals surface area contributed by atoms with Crippen molar-refractivity contribution in [1.82, 2.24) is 10.2 Å². The monoisotopic (exact) mass is 711 g/mol. The first-order valence-electron chi connectivity index (χ1n) is 18.3. The van der Waals surface area contributed by atoms with Crippen molar-refractivity contribution in [3.05, 3.63) is 93.7 Å². The molecule has 3 rings (SSSR count). The predicted octanol–water partition coefficient (Wildman–Crippen LogP) is 13.3. The van der Waals surface area contributed by atoms with E-state index in [0.717, 1.165) is 41.4 Å². The third-order valence-electron chi connectivity index (χ3n) is 7.64. The Morgan fingerprint density at radius 3 is 1.96 bits per heavy atom. The van der Waals surface area contributed by atoms with Gasteiger partial charge in [-0.3, -0.25) is 14.9 Å². The van der Waals surface area contributed by atoms with Gasteiger partial charge in [-0.2, -0.15) is 5.10 Å². The van der Waals surface area contributed by atoms with Gasteiger partial charge in [-0.25, -0.2) is 0 Å². The molecule has 1 heterocycles. The Balaban J connectivity index is -0.000000574. The number of nitrogens with zero attached hydrogens (tertiary/aromatic N) is 2. The van der Waals surface area contributed by atoms with Crippen molar-refractivity contribution in [1.29, 1.82) is 0 Å². The summed E-state index contributed by atoms with van der Waals surface area (Å²) in [4.78, 5) is 15.2. The van der Waals surface area contributed by atoms with E-state index in [4.69, 9.17) is 22.1 Å². The number of hydrogen-bond acceptors (Lipinski definition) is 5. The van der Waals surface area contributed by atoms with Gasteiger partial charge < -0.3 is 10.5 Å². The molecule has 282 valence electrons. The molecule has 0 amide bonds. The van der Waals surface area contributed by atoms with Gasteiger partial charge in [-0.15, -0.1) is 0 Å². The number of aromatic amines is 1. The molecule has 0 saturated carbocycles. The number of aryl methyl sites for hydroxylation is 1. The van der Waals surface area contributed by atoms with E-state index in [1.165, 1.54) is 36.0 Å². The molecular weight excluding hydrogens is 640 g/mol. The van der Waals surface area contributed by atoms with E-state index in [-0.39, 0.29) is 11.8 Å². The van der Waals surface area contributed by atoms with E-state index in [1.807, 2.05) is 72.0 Å². The zero-order chi connectivity index (χ0) is 39.1. The van der Waals surface area contributed by atoms with Gasteiger partial charge in [-0.05, 0) is 109 Å². The number of allylic oxidation sites excluding steroid dienone is 6. The molecule has 0 aliphatic carbocycles. The first-order chi connectivity index (χ1) is 23.9. The van der Waals surface area contributed by atoms with Crippen molar-refractivity contribution in [3.63, 3.8) is 0 Å². The third kappa shape index (κ3) is 21.6. The Bertz CT molecular complexity index is 1410. The van der Waals surface area contributed by atoms with Crippen LogP contribution in [0.2, 0.25) is 5.02 Å². The molecule has 50 heavy (non-hydrogen) atoms. The maximum absolute atomic E-state index is 11.2. The minimum Gasteiger partial charge on any atom is -0.496 e. The lowest BCUT2D eigenvalue weighted by Gasteiger charge is -2.11. The number of methoxy groups -OCH3 is 1.